The fourth-order valence-electron chi connectivity index (χ4n) is 8.38. The van der Waals surface area contributed by atoms with E-state index in [-0.39, 0.29) is 0 Å². The second-order valence-electron chi connectivity index (χ2n) is 16.7. The van der Waals surface area contributed by atoms with Crippen LogP contribution >= 0.6 is 0 Å². The van der Waals surface area contributed by atoms with Crippen LogP contribution in [-0.4, -0.2) is 0 Å². The van der Waals surface area contributed by atoms with Gasteiger partial charge in [-0.3, -0.25) is 0 Å². The summed E-state index contributed by atoms with van der Waals surface area (Å²) in [7, 11) is 0. The monoisotopic (exact) mass is 857 g/mol. The zero-order chi connectivity index (χ0) is 47.7. The molecule has 0 fully saturated rings. The average molecular weight is 857 g/mol. The number of rotatable bonds is 8. The standard InChI is InChI=1S/C21H22.C14H16.C11H16.C9H10.C8H8.C2H4/c1-4-5-7-12-18-16(3)20-15(2)13-14-19(20)21(18)17-10-8-6-9-11-17;1-4-7-12-10(2)13-8-5-6-9-14(13)11(12)3;1-4-10(3)11-7-5-6-9(2)8-11;1-8(2)9-6-4-3-5-7-9;1-2-8-6-4-3-5-7-8;1-2/h4-15,21H,1-3H3;4-10H,1-3H3;5-8,10H,4H2,1-3H3;3-7H,1H2,2H3;2-7H,1H2;1-2H2/b5-4+,12-7-;7-4-;;;;. The van der Waals surface area contributed by atoms with Crippen molar-refractivity contribution in [2.75, 3.05) is 0 Å². The predicted molar refractivity (Wildman–Crippen MR) is 292 cm³/mol. The van der Waals surface area contributed by atoms with Crippen molar-refractivity contribution in [2.45, 2.75) is 93.4 Å². The van der Waals surface area contributed by atoms with Gasteiger partial charge in [0.2, 0.25) is 0 Å². The Morgan fingerprint density at radius 3 is 1.80 bits per heavy atom. The molecule has 8 rings (SSSR count). The molecule has 0 nitrogen and oxygen atoms in total. The van der Waals surface area contributed by atoms with Crippen molar-refractivity contribution in [3.8, 4) is 0 Å². The first kappa shape index (κ1) is 52.8. The molecule has 0 saturated heterocycles. The van der Waals surface area contributed by atoms with Gasteiger partial charge in [-0.2, -0.15) is 0 Å². The molecule has 0 heteroatoms. The smallest absolute Gasteiger partial charge is 0.0345 e. The first-order valence-electron chi connectivity index (χ1n) is 23.3. The fraction of sp³-hybridized carbons (Fsp3) is 0.231. The molecule has 3 aliphatic carbocycles. The quantitative estimate of drug-likeness (QED) is 0.108. The molecule has 0 saturated carbocycles. The van der Waals surface area contributed by atoms with E-state index < -0.39 is 0 Å². The van der Waals surface area contributed by atoms with Gasteiger partial charge in [-0.25, -0.2) is 0 Å². The molecule has 0 N–H and O–H groups in total. The Labute approximate surface area is 396 Å². The lowest BCUT2D eigenvalue weighted by atomic mass is 9.87. The molecule has 336 valence electrons. The Hall–Kier alpha value is -6.50. The third kappa shape index (κ3) is 15.3. The Balaban J connectivity index is 0.000000224. The Kier molecular flexibility index (Phi) is 23.0. The van der Waals surface area contributed by atoms with Gasteiger partial charge in [0.25, 0.3) is 0 Å². The molecule has 5 aromatic rings. The second-order valence-corrected chi connectivity index (χ2v) is 16.7. The molecule has 0 aromatic heterocycles. The third-order valence-corrected chi connectivity index (χ3v) is 12.1. The molecule has 65 heavy (non-hydrogen) atoms. The van der Waals surface area contributed by atoms with Crippen molar-refractivity contribution in [1.82, 2.24) is 0 Å². The minimum Gasteiger partial charge on any atom is -0.106 e. The molecule has 5 aromatic carbocycles. The van der Waals surface area contributed by atoms with Gasteiger partial charge in [0.15, 0.2) is 0 Å². The second kappa shape index (κ2) is 28.3. The lowest BCUT2D eigenvalue weighted by Crippen LogP contribution is -2.00. The fourth-order valence-corrected chi connectivity index (χ4v) is 8.38. The highest BCUT2D eigenvalue weighted by Gasteiger charge is 2.34. The van der Waals surface area contributed by atoms with Crippen LogP contribution < -0.4 is 0 Å². The molecule has 0 radical (unpaired) electrons. The topological polar surface area (TPSA) is 0 Å². The first-order valence-corrected chi connectivity index (χ1v) is 23.3. The summed E-state index contributed by atoms with van der Waals surface area (Å²) in [5, 5.41) is 0. The van der Waals surface area contributed by atoms with E-state index in [1.54, 1.807) is 0 Å². The maximum atomic E-state index is 3.83. The van der Waals surface area contributed by atoms with E-state index in [9.17, 15) is 0 Å². The van der Waals surface area contributed by atoms with Crippen molar-refractivity contribution in [2.24, 2.45) is 5.92 Å². The van der Waals surface area contributed by atoms with Gasteiger partial charge in [-0.1, -0.05) is 246 Å². The first-order chi connectivity index (χ1) is 31.5. The largest absolute Gasteiger partial charge is 0.106 e. The van der Waals surface area contributed by atoms with Crippen molar-refractivity contribution in [1.29, 1.82) is 0 Å². The molecule has 0 heterocycles. The summed E-state index contributed by atoms with van der Waals surface area (Å²) < 4.78 is 0. The number of hydrogen-bond acceptors (Lipinski definition) is 0. The van der Waals surface area contributed by atoms with E-state index in [0.29, 0.717) is 23.7 Å². The van der Waals surface area contributed by atoms with Crippen LogP contribution in [0.15, 0.2) is 242 Å². The van der Waals surface area contributed by atoms with E-state index in [2.05, 4.69) is 228 Å². The van der Waals surface area contributed by atoms with Crippen molar-refractivity contribution < 1.29 is 0 Å². The van der Waals surface area contributed by atoms with E-state index in [4.69, 9.17) is 0 Å². The summed E-state index contributed by atoms with van der Waals surface area (Å²) in [6.45, 7) is 35.3. The highest BCUT2D eigenvalue weighted by atomic mass is 14.4. The maximum absolute atomic E-state index is 3.83. The van der Waals surface area contributed by atoms with E-state index in [1.807, 2.05) is 61.5 Å². The summed E-state index contributed by atoms with van der Waals surface area (Å²) in [4.78, 5) is 0. The molecular formula is C65H76. The van der Waals surface area contributed by atoms with E-state index in [0.717, 1.165) is 5.57 Å². The van der Waals surface area contributed by atoms with Gasteiger partial charge >= 0.3 is 0 Å². The minimum absolute atomic E-state index is 0.393. The minimum atomic E-state index is 0.393. The van der Waals surface area contributed by atoms with Crippen LogP contribution in [0.2, 0.25) is 0 Å². The van der Waals surface area contributed by atoms with Crippen LogP contribution in [0.3, 0.4) is 0 Å². The molecule has 4 unspecified atom stereocenters. The summed E-state index contributed by atoms with van der Waals surface area (Å²) in [5.74, 6) is 2.19. The van der Waals surface area contributed by atoms with Crippen LogP contribution in [0.4, 0.5) is 0 Å². The lowest BCUT2D eigenvalue weighted by Gasteiger charge is -2.16. The van der Waals surface area contributed by atoms with Gasteiger partial charge in [0.05, 0.1) is 0 Å². The summed E-state index contributed by atoms with van der Waals surface area (Å²) in [5.41, 5.74) is 19.5. The molecule has 0 amide bonds. The Morgan fingerprint density at radius 1 is 0.677 bits per heavy atom. The summed E-state index contributed by atoms with van der Waals surface area (Å²) in [6, 6.07) is 48.5. The Bertz CT molecular complexity index is 2460. The van der Waals surface area contributed by atoms with Gasteiger partial charge in [-0.05, 0) is 127 Å². The van der Waals surface area contributed by atoms with Crippen molar-refractivity contribution >= 4 is 17.2 Å². The predicted octanol–water partition coefficient (Wildman–Crippen LogP) is 19.2. The average Bonchev–Trinajstić information content (AvgIpc) is 3.95. The van der Waals surface area contributed by atoms with Gasteiger partial charge in [0, 0.05) is 11.8 Å². The zero-order valence-corrected chi connectivity index (χ0v) is 41.3. The molecule has 0 bridgehead atoms. The molecule has 4 atom stereocenters. The van der Waals surface area contributed by atoms with Gasteiger partial charge < -0.3 is 0 Å². The summed E-state index contributed by atoms with van der Waals surface area (Å²) in [6.07, 6.45) is 20.7. The number of fused-ring (bicyclic) bond motifs is 1. The number of allylic oxidation sites excluding steroid dienone is 15. The van der Waals surface area contributed by atoms with Crippen LogP contribution in [0, 0.1) is 12.8 Å². The van der Waals surface area contributed by atoms with Gasteiger partial charge in [-0.15, -0.1) is 13.2 Å². The van der Waals surface area contributed by atoms with Crippen molar-refractivity contribution in [3.63, 3.8) is 0 Å². The zero-order valence-electron chi connectivity index (χ0n) is 41.3. The Morgan fingerprint density at radius 2 is 1.28 bits per heavy atom. The number of benzene rings is 5. The highest BCUT2D eigenvalue weighted by Crippen LogP contribution is 2.50. The van der Waals surface area contributed by atoms with E-state index >= 15 is 0 Å². The van der Waals surface area contributed by atoms with Crippen LogP contribution in [0.1, 0.15) is 125 Å². The highest BCUT2D eigenvalue weighted by molar-refractivity contribution is 5.79. The van der Waals surface area contributed by atoms with E-state index in [1.165, 1.54) is 78.8 Å². The molecule has 0 spiro atoms. The third-order valence-electron chi connectivity index (χ3n) is 12.1. The molecule has 3 aliphatic rings. The molecule has 0 aliphatic heterocycles. The SMILES string of the molecule is C/C=C/C=C\C1=C(C)C2=C(C=CC2C)C1c1ccccc1.C/C=C\C1=C(C)c2ccccc2C1C.C=C.C=C(C)c1ccccc1.C=Cc1ccccc1.CCC(C)c1cccc(C)c1. The summed E-state index contributed by atoms with van der Waals surface area (Å²) >= 11 is 0. The van der Waals surface area contributed by atoms with Crippen LogP contribution in [0.25, 0.3) is 17.2 Å². The van der Waals surface area contributed by atoms with Crippen LogP contribution in [0.5, 0.6) is 0 Å². The lowest BCUT2D eigenvalue weighted by molar-refractivity contribution is 0.733. The number of aryl methyl sites for hydroxylation is 1. The molecular weight excluding hydrogens is 781 g/mol. The van der Waals surface area contributed by atoms with Crippen molar-refractivity contribution in [3.05, 3.63) is 281 Å². The normalized spacial score (nSPS) is 17.0. The van der Waals surface area contributed by atoms with Gasteiger partial charge in [0.1, 0.15) is 0 Å². The number of hydrogen-bond donors (Lipinski definition) is 0. The maximum Gasteiger partial charge on any atom is 0.0345 e. The van der Waals surface area contributed by atoms with Crippen LogP contribution in [-0.2, 0) is 0 Å².